The first-order valence-corrected chi connectivity index (χ1v) is 7.15. The SMILES string of the molecule is COc1ccnc(N[C@H]2CCO[C@@H](c3ccccc3)C2)n1. The van der Waals surface area contributed by atoms with E-state index in [1.54, 1.807) is 19.4 Å². The monoisotopic (exact) mass is 285 g/mol. The summed E-state index contributed by atoms with van der Waals surface area (Å²) in [5, 5.41) is 3.37. The molecule has 1 aromatic carbocycles. The molecule has 0 bridgehead atoms. The minimum absolute atomic E-state index is 0.128. The molecule has 1 fully saturated rings. The maximum absolute atomic E-state index is 5.87. The molecule has 21 heavy (non-hydrogen) atoms. The van der Waals surface area contributed by atoms with E-state index in [0.717, 1.165) is 19.4 Å². The van der Waals surface area contributed by atoms with Gasteiger partial charge in [0.1, 0.15) is 0 Å². The highest BCUT2D eigenvalue weighted by Gasteiger charge is 2.24. The number of rotatable bonds is 4. The van der Waals surface area contributed by atoms with Crippen molar-refractivity contribution in [2.75, 3.05) is 19.0 Å². The molecule has 2 heterocycles. The second-order valence-electron chi connectivity index (χ2n) is 5.06. The lowest BCUT2D eigenvalue weighted by Crippen LogP contribution is -2.30. The van der Waals surface area contributed by atoms with Gasteiger partial charge in [-0.15, -0.1) is 0 Å². The first-order valence-electron chi connectivity index (χ1n) is 7.15. The zero-order valence-electron chi connectivity index (χ0n) is 12.0. The number of aromatic nitrogens is 2. The first kappa shape index (κ1) is 13.8. The number of hydrogen-bond acceptors (Lipinski definition) is 5. The molecule has 0 radical (unpaired) electrons. The van der Waals surface area contributed by atoms with Crippen LogP contribution in [0.4, 0.5) is 5.95 Å². The summed E-state index contributed by atoms with van der Waals surface area (Å²) in [7, 11) is 1.60. The molecule has 1 aliphatic rings. The van der Waals surface area contributed by atoms with Gasteiger partial charge in [-0.1, -0.05) is 30.3 Å². The lowest BCUT2D eigenvalue weighted by atomic mass is 9.97. The lowest BCUT2D eigenvalue weighted by Gasteiger charge is -2.30. The van der Waals surface area contributed by atoms with Crippen molar-refractivity contribution in [1.82, 2.24) is 9.97 Å². The van der Waals surface area contributed by atoms with Crippen molar-refractivity contribution in [2.24, 2.45) is 0 Å². The van der Waals surface area contributed by atoms with Gasteiger partial charge in [0.15, 0.2) is 0 Å². The third-order valence-corrected chi connectivity index (χ3v) is 3.63. The lowest BCUT2D eigenvalue weighted by molar-refractivity contribution is 0.00968. The summed E-state index contributed by atoms with van der Waals surface area (Å²) in [4.78, 5) is 8.53. The van der Waals surface area contributed by atoms with Crippen LogP contribution < -0.4 is 10.1 Å². The van der Waals surface area contributed by atoms with E-state index in [4.69, 9.17) is 9.47 Å². The molecule has 5 heteroatoms. The Morgan fingerprint density at radius 3 is 2.90 bits per heavy atom. The molecule has 5 nitrogen and oxygen atoms in total. The van der Waals surface area contributed by atoms with E-state index < -0.39 is 0 Å². The Labute approximate surface area is 124 Å². The Balaban J connectivity index is 1.66. The van der Waals surface area contributed by atoms with Crippen LogP contribution in [0.25, 0.3) is 0 Å². The predicted molar refractivity (Wildman–Crippen MR) is 80.4 cm³/mol. The van der Waals surface area contributed by atoms with E-state index in [2.05, 4.69) is 27.4 Å². The van der Waals surface area contributed by atoms with Crippen LogP contribution in [0, 0.1) is 0 Å². The predicted octanol–water partition coefficient (Wildman–Crippen LogP) is 2.82. The van der Waals surface area contributed by atoms with E-state index >= 15 is 0 Å². The van der Waals surface area contributed by atoms with Gasteiger partial charge < -0.3 is 14.8 Å². The van der Waals surface area contributed by atoms with Crippen LogP contribution in [0.15, 0.2) is 42.6 Å². The average Bonchev–Trinajstić information content (AvgIpc) is 2.56. The molecule has 110 valence electrons. The largest absolute Gasteiger partial charge is 0.481 e. The van der Waals surface area contributed by atoms with Gasteiger partial charge in [-0.05, 0) is 18.4 Å². The van der Waals surface area contributed by atoms with E-state index in [1.165, 1.54) is 5.56 Å². The maximum atomic E-state index is 5.87. The summed E-state index contributed by atoms with van der Waals surface area (Å²) < 4.78 is 11.0. The molecule has 2 atom stereocenters. The smallest absolute Gasteiger partial charge is 0.226 e. The molecular formula is C16H19N3O2. The Hall–Kier alpha value is -2.14. The number of hydrogen-bond donors (Lipinski definition) is 1. The molecule has 1 N–H and O–H groups in total. The quantitative estimate of drug-likeness (QED) is 0.936. The molecule has 3 rings (SSSR count). The molecule has 1 aliphatic heterocycles. The van der Waals surface area contributed by atoms with Crippen molar-refractivity contribution < 1.29 is 9.47 Å². The fourth-order valence-electron chi connectivity index (χ4n) is 2.54. The van der Waals surface area contributed by atoms with Gasteiger partial charge in [-0.2, -0.15) is 4.98 Å². The van der Waals surface area contributed by atoms with Gasteiger partial charge in [0, 0.05) is 24.9 Å². The number of ether oxygens (including phenoxy) is 2. The molecule has 0 unspecified atom stereocenters. The summed E-state index contributed by atoms with van der Waals surface area (Å²) in [5.41, 5.74) is 1.22. The Morgan fingerprint density at radius 1 is 1.24 bits per heavy atom. The standard InChI is InChI=1S/C16H19N3O2/c1-20-15-7-9-17-16(19-15)18-13-8-10-21-14(11-13)12-5-3-2-4-6-12/h2-7,9,13-14H,8,10-11H2,1H3,(H,17,18,19)/t13-,14+/m0/s1. The summed E-state index contributed by atoms with van der Waals surface area (Å²) in [5.74, 6) is 1.17. The second-order valence-corrected chi connectivity index (χ2v) is 5.06. The minimum atomic E-state index is 0.128. The van der Waals surface area contributed by atoms with Crippen molar-refractivity contribution in [3.8, 4) is 5.88 Å². The van der Waals surface area contributed by atoms with Crippen LogP contribution in [0.5, 0.6) is 5.88 Å². The average molecular weight is 285 g/mol. The maximum Gasteiger partial charge on any atom is 0.226 e. The zero-order chi connectivity index (χ0) is 14.5. The van der Waals surface area contributed by atoms with Gasteiger partial charge in [0.25, 0.3) is 0 Å². The van der Waals surface area contributed by atoms with Crippen molar-refractivity contribution in [3.63, 3.8) is 0 Å². The second kappa shape index (κ2) is 6.54. The number of benzene rings is 1. The molecule has 0 aliphatic carbocycles. The normalized spacial score (nSPS) is 21.8. The molecule has 2 aromatic rings. The van der Waals surface area contributed by atoms with Crippen LogP contribution in [-0.2, 0) is 4.74 Å². The summed E-state index contributed by atoms with van der Waals surface area (Å²) in [6.07, 6.45) is 3.68. The van der Waals surface area contributed by atoms with Gasteiger partial charge in [-0.3, -0.25) is 0 Å². The van der Waals surface area contributed by atoms with Crippen molar-refractivity contribution in [1.29, 1.82) is 0 Å². The fourth-order valence-corrected chi connectivity index (χ4v) is 2.54. The molecule has 1 aromatic heterocycles. The summed E-state index contributed by atoms with van der Waals surface area (Å²) >= 11 is 0. The fraction of sp³-hybridized carbons (Fsp3) is 0.375. The van der Waals surface area contributed by atoms with E-state index in [9.17, 15) is 0 Å². The van der Waals surface area contributed by atoms with Crippen LogP contribution >= 0.6 is 0 Å². The van der Waals surface area contributed by atoms with Crippen LogP contribution in [0.1, 0.15) is 24.5 Å². The minimum Gasteiger partial charge on any atom is -0.481 e. The topological polar surface area (TPSA) is 56.3 Å². The highest BCUT2D eigenvalue weighted by atomic mass is 16.5. The van der Waals surface area contributed by atoms with Crippen LogP contribution in [0.3, 0.4) is 0 Å². The summed E-state index contributed by atoms with van der Waals surface area (Å²) in [6, 6.07) is 12.4. The van der Waals surface area contributed by atoms with Crippen molar-refractivity contribution in [2.45, 2.75) is 25.0 Å². The number of anilines is 1. The number of methoxy groups -OCH3 is 1. The molecule has 0 spiro atoms. The third kappa shape index (κ3) is 3.49. The molecule has 0 saturated carbocycles. The zero-order valence-corrected chi connectivity index (χ0v) is 12.0. The van der Waals surface area contributed by atoms with E-state index in [-0.39, 0.29) is 6.10 Å². The summed E-state index contributed by atoms with van der Waals surface area (Å²) in [6.45, 7) is 0.737. The first-order chi connectivity index (χ1) is 10.3. The van der Waals surface area contributed by atoms with E-state index in [1.807, 2.05) is 18.2 Å². The van der Waals surface area contributed by atoms with Gasteiger partial charge in [-0.25, -0.2) is 4.98 Å². The molecule has 0 amide bonds. The highest BCUT2D eigenvalue weighted by molar-refractivity contribution is 5.29. The van der Waals surface area contributed by atoms with Crippen LogP contribution in [0.2, 0.25) is 0 Å². The van der Waals surface area contributed by atoms with Gasteiger partial charge in [0.05, 0.1) is 13.2 Å². The Bertz CT molecular complexity index is 577. The van der Waals surface area contributed by atoms with Crippen molar-refractivity contribution >= 4 is 5.95 Å². The number of nitrogens with one attached hydrogen (secondary N) is 1. The van der Waals surface area contributed by atoms with E-state index in [0.29, 0.717) is 17.9 Å². The molecule has 1 saturated heterocycles. The van der Waals surface area contributed by atoms with Gasteiger partial charge >= 0.3 is 0 Å². The number of nitrogens with zero attached hydrogens (tertiary/aromatic N) is 2. The van der Waals surface area contributed by atoms with Crippen molar-refractivity contribution in [3.05, 3.63) is 48.2 Å². The Morgan fingerprint density at radius 2 is 2.10 bits per heavy atom. The Kier molecular flexibility index (Phi) is 4.31. The third-order valence-electron chi connectivity index (χ3n) is 3.63. The highest BCUT2D eigenvalue weighted by Crippen LogP contribution is 2.29. The van der Waals surface area contributed by atoms with Gasteiger partial charge in [0.2, 0.25) is 11.8 Å². The molecular weight excluding hydrogens is 266 g/mol. The van der Waals surface area contributed by atoms with Crippen LogP contribution in [-0.4, -0.2) is 29.7 Å².